The minimum absolute atomic E-state index is 0.0307. The second-order valence-corrected chi connectivity index (χ2v) is 26.1. The fraction of sp³-hybridized carbons (Fsp3) is 0.231. The zero-order valence-electron chi connectivity index (χ0n) is 48.6. The third-order valence-electron chi connectivity index (χ3n) is 20.2. The van der Waals surface area contributed by atoms with Crippen LogP contribution in [0, 0.1) is 13.8 Å². The molecule has 3 heteroatoms. The van der Waals surface area contributed by atoms with Crippen LogP contribution in [-0.2, 0) is 28.1 Å². The summed E-state index contributed by atoms with van der Waals surface area (Å²) < 4.78 is 0. The van der Waals surface area contributed by atoms with Gasteiger partial charge in [0, 0.05) is 39.2 Å². The Hall–Kier alpha value is -8.14. The molecule has 15 rings (SSSR count). The number of fused-ring (bicyclic) bond motifs is 11. The molecular weight excluding hydrogens is 976 g/mol. The van der Waals surface area contributed by atoms with E-state index >= 15 is 0 Å². The molecule has 0 aromatic heterocycles. The lowest BCUT2D eigenvalue weighted by molar-refractivity contribution is 0.331. The predicted octanol–water partition coefficient (Wildman–Crippen LogP) is 19.0. The summed E-state index contributed by atoms with van der Waals surface area (Å²) in [7, 11) is 0. The molecule has 0 fully saturated rings. The Labute approximate surface area is 481 Å². The number of unbranched alkanes of at least 4 members (excludes halogenated alkanes) is 1. The summed E-state index contributed by atoms with van der Waals surface area (Å²) in [5, 5.41) is 0. The first-order chi connectivity index (χ1) is 39.2. The maximum Gasteiger partial charge on any atom is 0.333 e. The van der Waals surface area contributed by atoms with Gasteiger partial charge < -0.3 is 9.71 Å². The number of benzene rings is 10. The quantitative estimate of drug-likeness (QED) is 0.140. The molecule has 0 N–H and O–H groups in total. The smallest absolute Gasteiger partial charge is 0.333 e. The van der Waals surface area contributed by atoms with Gasteiger partial charge in [-0.3, -0.25) is 0 Å². The van der Waals surface area contributed by atoms with Crippen LogP contribution < -0.4 is 20.6 Å². The van der Waals surface area contributed by atoms with Crippen LogP contribution in [-0.4, -0.2) is 6.85 Å². The van der Waals surface area contributed by atoms with Crippen molar-refractivity contribution in [2.24, 2.45) is 0 Å². The van der Waals surface area contributed by atoms with E-state index in [1.54, 1.807) is 0 Å². The first-order valence-corrected chi connectivity index (χ1v) is 30.0. The minimum atomic E-state index is -0.611. The Kier molecular flexibility index (Phi) is 11.0. The van der Waals surface area contributed by atoms with Crippen molar-refractivity contribution in [3.05, 3.63) is 267 Å². The van der Waals surface area contributed by atoms with Crippen LogP contribution in [0.25, 0.3) is 44.5 Å². The molecule has 10 aromatic carbocycles. The summed E-state index contributed by atoms with van der Waals surface area (Å²) in [6.07, 6.45) is 5.69. The molecule has 3 heterocycles. The van der Waals surface area contributed by atoms with E-state index in [1.807, 2.05) is 0 Å². The summed E-state index contributed by atoms with van der Waals surface area (Å²) >= 11 is 0. The van der Waals surface area contributed by atoms with Crippen molar-refractivity contribution < 1.29 is 0 Å². The van der Waals surface area contributed by atoms with Gasteiger partial charge in [-0.15, -0.1) is 0 Å². The van der Waals surface area contributed by atoms with E-state index in [1.165, 1.54) is 151 Å². The zero-order valence-corrected chi connectivity index (χ0v) is 48.6. The van der Waals surface area contributed by atoms with Gasteiger partial charge in [0.25, 0.3) is 0 Å². The number of hydrogen-bond donors (Lipinski definition) is 0. The van der Waals surface area contributed by atoms with Gasteiger partial charge >= 0.3 is 6.85 Å². The number of anilines is 5. The van der Waals surface area contributed by atoms with Gasteiger partial charge in [0.1, 0.15) is 0 Å². The van der Waals surface area contributed by atoms with E-state index in [4.69, 9.17) is 0 Å². The number of rotatable bonds is 8. The van der Waals surface area contributed by atoms with Gasteiger partial charge in [-0.25, -0.2) is 0 Å². The van der Waals surface area contributed by atoms with Crippen molar-refractivity contribution in [2.75, 3.05) is 9.71 Å². The van der Waals surface area contributed by atoms with Crippen LogP contribution in [0.15, 0.2) is 206 Å². The van der Waals surface area contributed by atoms with Crippen molar-refractivity contribution in [1.82, 2.24) is 0 Å². The molecule has 0 atom stereocenters. The Morgan fingerprint density at radius 3 is 1.75 bits per heavy atom. The largest absolute Gasteiger partial charge is 0.376 e. The van der Waals surface area contributed by atoms with Crippen LogP contribution in [0.4, 0.5) is 28.4 Å². The van der Waals surface area contributed by atoms with E-state index in [0.29, 0.717) is 0 Å². The highest BCUT2D eigenvalue weighted by atomic mass is 15.2. The van der Waals surface area contributed by atoms with Crippen molar-refractivity contribution in [1.29, 1.82) is 0 Å². The highest BCUT2D eigenvalue weighted by Crippen LogP contribution is 2.63. The molecule has 3 aliphatic heterocycles. The van der Waals surface area contributed by atoms with Crippen LogP contribution in [0.5, 0.6) is 0 Å². The predicted molar refractivity (Wildman–Crippen MR) is 344 cm³/mol. The number of para-hydroxylation sites is 2. The number of hydrogen-bond acceptors (Lipinski definition) is 2. The van der Waals surface area contributed by atoms with Gasteiger partial charge in [0.05, 0.1) is 16.8 Å². The highest BCUT2D eigenvalue weighted by molar-refractivity contribution is 6.94. The van der Waals surface area contributed by atoms with Gasteiger partial charge in [0.2, 0.25) is 0 Å². The molecule has 2 aliphatic carbocycles. The Balaban J connectivity index is 1.14. The summed E-state index contributed by atoms with van der Waals surface area (Å²) in [6, 6.07) is 80.6. The van der Waals surface area contributed by atoms with Crippen molar-refractivity contribution in [3.8, 4) is 44.5 Å². The van der Waals surface area contributed by atoms with E-state index in [-0.39, 0.29) is 23.1 Å². The van der Waals surface area contributed by atoms with Crippen LogP contribution in [0.3, 0.4) is 0 Å². The fourth-order valence-corrected chi connectivity index (χ4v) is 16.1. The highest BCUT2D eigenvalue weighted by Gasteiger charge is 2.55. The molecule has 0 spiro atoms. The third kappa shape index (κ3) is 7.00. The standard InChI is InChI=1S/C78H71BN2/c1-10-11-27-51-38-41-67(57(44-51)52-28-15-12-16-29-52)80-69-46-53(70-49(2)25-23-26-50(70)3)45-58-56-34-24-36-62-73(56)81(68-37-22-21-35-60(68)78(62,54-30-17-13-18-31-54)55-32-19-14-20-33-55)79(72(58)69)66-40-39-61-71(74(66)80)59-47-64-65(48-63(59)77(61,8)9)76(6,7)43-42-75(64,4)5/h12-26,28-41,44-48H,10-11,27,42-43H2,1-9H3. The number of nitrogens with zero attached hydrogens (tertiary/aromatic N) is 2. The van der Waals surface area contributed by atoms with Gasteiger partial charge in [-0.1, -0.05) is 225 Å². The zero-order chi connectivity index (χ0) is 55.3. The summed E-state index contributed by atoms with van der Waals surface area (Å²) in [4.78, 5) is 5.60. The molecule has 10 aromatic rings. The molecule has 0 unspecified atom stereocenters. The topological polar surface area (TPSA) is 6.48 Å². The first kappa shape index (κ1) is 49.9. The Bertz CT molecular complexity index is 4160. The Morgan fingerprint density at radius 2 is 1.06 bits per heavy atom. The lowest BCUT2D eigenvalue weighted by Crippen LogP contribution is -2.63. The SMILES string of the molecule is CCCCc1ccc(N2c3cc(-c4c(C)cccc4C)cc4c3B(c3ccc5c(c32)-c2cc3c(cc2C5(C)C)C(C)(C)CCC3(C)C)N2c3ccccc3C(c3ccccc3)(c3ccccc3)c3cccc-4c32)c(-c2ccccc2)c1. The second kappa shape index (κ2) is 17.9. The average Bonchev–Trinajstić information content (AvgIpc) is 3.07. The van der Waals surface area contributed by atoms with Gasteiger partial charge in [0.15, 0.2) is 0 Å². The lowest BCUT2D eigenvalue weighted by Gasteiger charge is -2.53. The second-order valence-electron chi connectivity index (χ2n) is 26.1. The monoisotopic (exact) mass is 1050 g/mol. The normalized spacial score (nSPS) is 16.6. The molecule has 5 aliphatic rings. The van der Waals surface area contributed by atoms with E-state index in [2.05, 4.69) is 278 Å². The van der Waals surface area contributed by atoms with E-state index in [0.717, 1.165) is 25.7 Å². The van der Waals surface area contributed by atoms with Crippen molar-refractivity contribution in [2.45, 2.75) is 116 Å². The molecular formula is C78H71BN2. The average molecular weight is 1050 g/mol. The lowest BCUT2D eigenvalue weighted by atomic mass is 9.41. The van der Waals surface area contributed by atoms with E-state index < -0.39 is 5.41 Å². The van der Waals surface area contributed by atoms with Crippen LogP contribution in [0.1, 0.15) is 135 Å². The molecule has 0 amide bonds. The molecule has 0 saturated heterocycles. The van der Waals surface area contributed by atoms with Crippen LogP contribution in [0.2, 0.25) is 0 Å². The van der Waals surface area contributed by atoms with Gasteiger partial charge in [-0.2, -0.15) is 0 Å². The first-order valence-electron chi connectivity index (χ1n) is 30.0. The van der Waals surface area contributed by atoms with Gasteiger partial charge in [-0.05, 0) is 187 Å². The third-order valence-corrected chi connectivity index (χ3v) is 20.2. The molecule has 0 saturated carbocycles. The minimum Gasteiger partial charge on any atom is -0.376 e. The molecule has 0 radical (unpaired) electrons. The van der Waals surface area contributed by atoms with Crippen molar-refractivity contribution >= 4 is 46.2 Å². The van der Waals surface area contributed by atoms with Crippen molar-refractivity contribution in [3.63, 3.8) is 0 Å². The summed E-state index contributed by atoms with van der Waals surface area (Å²) in [5.41, 5.74) is 33.6. The fourth-order valence-electron chi connectivity index (χ4n) is 16.1. The van der Waals surface area contributed by atoms with E-state index in [9.17, 15) is 0 Å². The molecule has 0 bridgehead atoms. The molecule has 2 nitrogen and oxygen atoms in total. The number of aryl methyl sites for hydroxylation is 3. The maximum atomic E-state index is 2.81. The molecule has 396 valence electrons. The molecule has 81 heavy (non-hydrogen) atoms. The van der Waals surface area contributed by atoms with Crippen LogP contribution >= 0.6 is 0 Å². The summed E-state index contributed by atoms with van der Waals surface area (Å²) in [5.74, 6) is 0. The summed E-state index contributed by atoms with van der Waals surface area (Å²) in [6.45, 7) is 21.7. The maximum absolute atomic E-state index is 2.81. The Morgan fingerprint density at radius 1 is 0.432 bits per heavy atom.